The van der Waals surface area contributed by atoms with E-state index in [0.717, 1.165) is 55.6 Å². The van der Waals surface area contributed by atoms with Gasteiger partial charge in [-0.15, -0.1) is 0 Å². The number of aromatic nitrogens is 2. The molecule has 1 saturated heterocycles. The monoisotopic (exact) mass is 428 g/mol. The van der Waals surface area contributed by atoms with E-state index in [1.54, 1.807) is 0 Å². The number of hydrogen-bond donors (Lipinski definition) is 1. The van der Waals surface area contributed by atoms with E-state index in [9.17, 15) is 4.79 Å². The van der Waals surface area contributed by atoms with E-state index in [1.807, 2.05) is 42.5 Å². The normalized spacial score (nSPS) is 14.6. The molecular formula is C26H28N4O2. The minimum Gasteiger partial charge on any atom is -0.450 e. The highest BCUT2D eigenvalue weighted by atomic mass is 16.3. The molecule has 0 atom stereocenters. The van der Waals surface area contributed by atoms with Crippen LogP contribution in [0.25, 0.3) is 22.1 Å². The third-order valence-corrected chi connectivity index (χ3v) is 6.08. The van der Waals surface area contributed by atoms with Crippen molar-refractivity contribution in [3.63, 3.8) is 0 Å². The second-order valence-electron chi connectivity index (χ2n) is 8.39. The third-order valence-electron chi connectivity index (χ3n) is 6.08. The number of furan rings is 1. The first kappa shape index (κ1) is 20.5. The molecular weight excluding hydrogens is 400 g/mol. The molecule has 164 valence electrons. The zero-order valence-electron chi connectivity index (χ0n) is 18.2. The number of fused-ring (bicyclic) bond motifs is 3. The quantitative estimate of drug-likeness (QED) is 0.432. The Labute approximate surface area is 187 Å². The molecule has 4 aromatic rings. The Hall–Kier alpha value is -3.41. The van der Waals surface area contributed by atoms with E-state index in [0.29, 0.717) is 17.6 Å². The summed E-state index contributed by atoms with van der Waals surface area (Å²) < 4.78 is 6.16. The van der Waals surface area contributed by atoms with Crippen molar-refractivity contribution in [1.82, 2.24) is 15.3 Å². The van der Waals surface area contributed by atoms with Crippen LogP contribution in [-0.2, 0) is 6.42 Å². The molecule has 2 aromatic carbocycles. The fraction of sp³-hybridized carbons (Fsp3) is 0.346. The SMILES string of the molecule is O=C(NCCCc1ccccc1)c1nc(N2CCCCCC2)c2oc3ccccc3c2n1. The Morgan fingerprint density at radius 3 is 2.50 bits per heavy atom. The average molecular weight is 429 g/mol. The number of anilines is 1. The van der Waals surface area contributed by atoms with Crippen molar-refractivity contribution >= 4 is 33.8 Å². The Morgan fingerprint density at radius 2 is 1.69 bits per heavy atom. The van der Waals surface area contributed by atoms with Crippen LogP contribution in [0.5, 0.6) is 0 Å². The summed E-state index contributed by atoms with van der Waals surface area (Å²) in [7, 11) is 0. The minimum absolute atomic E-state index is 0.211. The standard InChI is InChI=1S/C26H28N4O2/c31-26(27-16-10-13-19-11-4-3-5-12-19)24-28-22-20-14-6-7-15-21(20)32-23(22)25(29-24)30-17-8-1-2-9-18-30/h3-7,11-12,14-15H,1-2,8-10,13,16-18H2,(H,27,31). The Bertz CT molecular complexity index is 1210. The Balaban J connectivity index is 1.41. The van der Waals surface area contributed by atoms with Crippen molar-refractivity contribution in [3.8, 4) is 0 Å². The number of hydrogen-bond acceptors (Lipinski definition) is 5. The Morgan fingerprint density at radius 1 is 0.938 bits per heavy atom. The Kier molecular flexibility index (Phi) is 6.01. The number of nitrogens with one attached hydrogen (secondary N) is 1. The number of aryl methyl sites for hydroxylation is 1. The molecule has 5 rings (SSSR count). The fourth-order valence-electron chi connectivity index (χ4n) is 4.39. The molecule has 32 heavy (non-hydrogen) atoms. The number of benzene rings is 2. The minimum atomic E-state index is -0.235. The number of rotatable bonds is 6. The predicted octanol–water partition coefficient (Wildman–Crippen LogP) is 5.12. The molecule has 2 aromatic heterocycles. The fourth-order valence-corrected chi connectivity index (χ4v) is 4.39. The summed E-state index contributed by atoms with van der Waals surface area (Å²) in [6, 6.07) is 18.1. The van der Waals surface area contributed by atoms with Gasteiger partial charge in [0.2, 0.25) is 5.82 Å². The van der Waals surface area contributed by atoms with Crippen LogP contribution in [0.2, 0.25) is 0 Å². The third kappa shape index (κ3) is 4.31. The van der Waals surface area contributed by atoms with Gasteiger partial charge in [-0.2, -0.15) is 0 Å². The van der Waals surface area contributed by atoms with Crippen molar-refractivity contribution in [2.45, 2.75) is 38.5 Å². The van der Waals surface area contributed by atoms with Crippen LogP contribution in [0.3, 0.4) is 0 Å². The molecule has 1 aliphatic heterocycles. The molecule has 1 fully saturated rings. The number of carbonyl (C=O) groups excluding carboxylic acids is 1. The second-order valence-corrected chi connectivity index (χ2v) is 8.39. The summed E-state index contributed by atoms with van der Waals surface area (Å²) in [6.45, 7) is 2.42. The first-order valence-corrected chi connectivity index (χ1v) is 11.6. The highest BCUT2D eigenvalue weighted by molar-refractivity contribution is 6.07. The summed E-state index contributed by atoms with van der Waals surface area (Å²) in [5, 5.41) is 3.92. The molecule has 0 aliphatic carbocycles. The molecule has 0 saturated carbocycles. The molecule has 1 N–H and O–H groups in total. The lowest BCUT2D eigenvalue weighted by Gasteiger charge is -2.21. The van der Waals surface area contributed by atoms with Gasteiger partial charge in [-0.25, -0.2) is 9.97 Å². The lowest BCUT2D eigenvalue weighted by Crippen LogP contribution is -2.29. The summed E-state index contributed by atoms with van der Waals surface area (Å²) in [6.07, 6.45) is 6.47. The first-order valence-electron chi connectivity index (χ1n) is 11.6. The number of amides is 1. The van der Waals surface area contributed by atoms with Gasteiger partial charge in [-0.1, -0.05) is 55.3 Å². The maximum Gasteiger partial charge on any atom is 0.289 e. The van der Waals surface area contributed by atoms with Gasteiger partial charge in [0.1, 0.15) is 11.1 Å². The molecule has 6 heteroatoms. The van der Waals surface area contributed by atoms with Gasteiger partial charge < -0.3 is 14.6 Å². The molecule has 0 unspecified atom stereocenters. The molecule has 1 aliphatic rings. The van der Waals surface area contributed by atoms with E-state index >= 15 is 0 Å². The van der Waals surface area contributed by atoms with Crippen molar-refractivity contribution in [1.29, 1.82) is 0 Å². The maximum atomic E-state index is 13.0. The van der Waals surface area contributed by atoms with Crippen LogP contribution in [-0.4, -0.2) is 35.5 Å². The topological polar surface area (TPSA) is 71.3 Å². The average Bonchev–Trinajstić information content (AvgIpc) is 3.00. The van der Waals surface area contributed by atoms with Gasteiger partial charge in [0.05, 0.1) is 0 Å². The summed E-state index contributed by atoms with van der Waals surface area (Å²) >= 11 is 0. The van der Waals surface area contributed by atoms with Gasteiger partial charge in [0.25, 0.3) is 5.91 Å². The number of para-hydroxylation sites is 1. The van der Waals surface area contributed by atoms with Crippen molar-refractivity contribution in [2.75, 3.05) is 24.5 Å². The summed E-state index contributed by atoms with van der Waals surface area (Å²) in [4.78, 5) is 24.6. The summed E-state index contributed by atoms with van der Waals surface area (Å²) in [5.74, 6) is 0.715. The molecule has 0 bridgehead atoms. The van der Waals surface area contributed by atoms with Crippen LogP contribution >= 0.6 is 0 Å². The van der Waals surface area contributed by atoms with Crippen LogP contribution in [0.1, 0.15) is 48.3 Å². The molecule has 1 amide bonds. The van der Waals surface area contributed by atoms with Crippen molar-refractivity contribution in [2.24, 2.45) is 0 Å². The molecule has 0 radical (unpaired) electrons. The zero-order chi connectivity index (χ0) is 21.8. The second kappa shape index (κ2) is 9.39. The molecule has 6 nitrogen and oxygen atoms in total. The van der Waals surface area contributed by atoms with Crippen LogP contribution in [0.4, 0.5) is 5.82 Å². The number of nitrogens with zero attached hydrogens (tertiary/aromatic N) is 3. The lowest BCUT2D eigenvalue weighted by molar-refractivity contribution is 0.0943. The van der Waals surface area contributed by atoms with E-state index in [-0.39, 0.29) is 11.7 Å². The molecule has 0 spiro atoms. The first-order chi connectivity index (χ1) is 15.8. The van der Waals surface area contributed by atoms with Crippen LogP contribution in [0.15, 0.2) is 59.0 Å². The van der Waals surface area contributed by atoms with E-state index in [4.69, 9.17) is 9.40 Å². The highest BCUT2D eigenvalue weighted by Gasteiger charge is 2.23. The van der Waals surface area contributed by atoms with E-state index < -0.39 is 0 Å². The van der Waals surface area contributed by atoms with Crippen LogP contribution in [0, 0.1) is 0 Å². The smallest absolute Gasteiger partial charge is 0.289 e. The van der Waals surface area contributed by atoms with Crippen molar-refractivity contribution < 1.29 is 9.21 Å². The lowest BCUT2D eigenvalue weighted by atomic mass is 10.1. The zero-order valence-corrected chi connectivity index (χ0v) is 18.2. The number of carbonyl (C=O) groups is 1. The maximum absolute atomic E-state index is 13.0. The predicted molar refractivity (Wildman–Crippen MR) is 127 cm³/mol. The molecule has 3 heterocycles. The van der Waals surface area contributed by atoms with Gasteiger partial charge >= 0.3 is 0 Å². The largest absolute Gasteiger partial charge is 0.450 e. The van der Waals surface area contributed by atoms with Crippen LogP contribution < -0.4 is 10.2 Å². The van der Waals surface area contributed by atoms with Gasteiger partial charge in [0, 0.05) is 25.0 Å². The van der Waals surface area contributed by atoms with Gasteiger partial charge in [-0.05, 0) is 43.4 Å². The van der Waals surface area contributed by atoms with Crippen molar-refractivity contribution in [3.05, 3.63) is 66.0 Å². The summed E-state index contributed by atoms with van der Waals surface area (Å²) in [5.41, 5.74) is 3.43. The highest BCUT2D eigenvalue weighted by Crippen LogP contribution is 2.33. The van der Waals surface area contributed by atoms with E-state index in [1.165, 1.54) is 18.4 Å². The van der Waals surface area contributed by atoms with E-state index in [2.05, 4.69) is 27.3 Å². The van der Waals surface area contributed by atoms with Gasteiger partial charge in [0.15, 0.2) is 11.4 Å². The van der Waals surface area contributed by atoms with Gasteiger partial charge in [-0.3, -0.25) is 4.79 Å².